The topological polar surface area (TPSA) is 92.7 Å². The number of carbonyl (C=O) groups is 3. The minimum atomic E-state index is -1.20. The van der Waals surface area contributed by atoms with Crippen molar-refractivity contribution in [2.24, 2.45) is 11.3 Å². The van der Waals surface area contributed by atoms with Crippen molar-refractivity contribution in [3.05, 3.63) is 28.2 Å². The molecule has 0 spiro atoms. The van der Waals surface area contributed by atoms with Gasteiger partial charge in [-0.1, -0.05) is 20.8 Å². The molecule has 1 aromatic heterocycles. The molecule has 142 valence electrons. The van der Waals surface area contributed by atoms with Gasteiger partial charge in [0.05, 0.1) is 12.2 Å². The summed E-state index contributed by atoms with van der Waals surface area (Å²) in [7, 11) is 0. The molecule has 2 N–H and O–H groups in total. The predicted octanol–water partition coefficient (Wildman–Crippen LogP) is 3.66. The van der Waals surface area contributed by atoms with Crippen LogP contribution in [0.2, 0.25) is 0 Å². The van der Waals surface area contributed by atoms with E-state index in [1.807, 2.05) is 0 Å². The van der Waals surface area contributed by atoms with Crippen molar-refractivity contribution in [1.82, 2.24) is 0 Å². The second-order valence-corrected chi connectivity index (χ2v) is 8.50. The number of rotatable bonds is 5. The highest BCUT2D eigenvalue weighted by atomic mass is 32.1. The Labute approximate surface area is 157 Å². The first kappa shape index (κ1) is 20.2. The summed E-state index contributed by atoms with van der Waals surface area (Å²) in [5.41, 5.74) is 1.53. The van der Waals surface area contributed by atoms with Crippen LogP contribution in [0.25, 0.3) is 0 Å². The average molecular weight is 379 g/mol. The van der Waals surface area contributed by atoms with Crippen molar-refractivity contribution in [3.63, 3.8) is 0 Å². The molecule has 0 fully saturated rings. The van der Waals surface area contributed by atoms with Crippen molar-refractivity contribution in [1.29, 1.82) is 0 Å². The van der Waals surface area contributed by atoms with Crippen molar-refractivity contribution in [3.8, 4) is 0 Å². The molecular formula is C19H25NO5S. The molecule has 0 unspecified atom stereocenters. The van der Waals surface area contributed by atoms with Crippen LogP contribution < -0.4 is 5.32 Å². The first-order valence-corrected chi connectivity index (χ1v) is 9.48. The minimum absolute atomic E-state index is 0.166. The number of esters is 1. The number of hydrogen-bond donors (Lipinski definition) is 2. The summed E-state index contributed by atoms with van der Waals surface area (Å²) in [4.78, 5) is 36.1. The molecule has 0 bridgehead atoms. The summed E-state index contributed by atoms with van der Waals surface area (Å²) in [5.74, 6) is -1.73. The third-order valence-electron chi connectivity index (χ3n) is 4.58. The molecule has 6 nitrogen and oxygen atoms in total. The smallest absolute Gasteiger partial charge is 0.341 e. The Hall–Kier alpha value is -2.15. The summed E-state index contributed by atoms with van der Waals surface area (Å²) < 4.78 is 5.17. The molecule has 1 heterocycles. The van der Waals surface area contributed by atoms with Gasteiger partial charge in [0.25, 0.3) is 0 Å². The maximum absolute atomic E-state index is 12.4. The zero-order valence-corrected chi connectivity index (χ0v) is 16.4. The maximum Gasteiger partial charge on any atom is 0.341 e. The molecule has 2 rings (SSSR count). The molecular weight excluding hydrogens is 354 g/mol. The van der Waals surface area contributed by atoms with Crippen LogP contribution in [-0.2, 0) is 27.2 Å². The molecule has 7 heteroatoms. The van der Waals surface area contributed by atoms with Crippen LogP contribution >= 0.6 is 11.3 Å². The van der Waals surface area contributed by atoms with E-state index in [0.29, 0.717) is 16.5 Å². The standard InChI is InChI=1S/C19H25NO5S/c1-5-25-18(24)16-12-7-6-11(19(2,3)4)10-13(12)26-17(16)20-14(21)8-9-15(22)23/h8-9,11H,5-7,10H2,1-4H3,(H,20,21)(H,22,23)/b9-8+/t11-/m1/s1. The van der Waals surface area contributed by atoms with Crippen LogP contribution in [0.1, 0.15) is 54.9 Å². The van der Waals surface area contributed by atoms with Crippen molar-refractivity contribution >= 4 is 34.2 Å². The van der Waals surface area contributed by atoms with Gasteiger partial charge >= 0.3 is 11.9 Å². The summed E-state index contributed by atoms with van der Waals surface area (Å²) in [6, 6.07) is 0. The van der Waals surface area contributed by atoms with Gasteiger partial charge < -0.3 is 15.2 Å². The van der Waals surface area contributed by atoms with Gasteiger partial charge in [-0.15, -0.1) is 11.3 Å². The Kier molecular flexibility index (Phi) is 6.23. The predicted molar refractivity (Wildman–Crippen MR) is 101 cm³/mol. The van der Waals surface area contributed by atoms with Gasteiger partial charge in [-0.3, -0.25) is 4.79 Å². The van der Waals surface area contributed by atoms with E-state index in [2.05, 4.69) is 26.1 Å². The van der Waals surface area contributed by atoms with Crippen LogP contribution in [0, 0.1) is 11.3 Å². The zero-order valence-electron chi connectivity index (χ0n) is 15.5. The van der Waals surface area contributed by atoms with E-state index in [1.165, 1.54) is 11.3 Å². The summed E-state index contributed by atoms with van der Waals surface area (Å²) in [6.07, 6.45) is 4.31. The van der Waals surface area contributed by atoms with Crippen molar-refractivity contribution in [2.75, 3.05) is 11.9 Å². The number of ether oxygens (including phenoxy) is 1. The zero-order chi connectivity index (χ0) is 19.5. The molecule has 0 aliphatic heterocycles. The fourth-order valence-corrected chi connectivity index (χ4v) is 4.45. The lowest BCUT2D eigenvalue weighted by Crippen LogP contribution is -2.26. The Balaban J connectivity index is 2.35. The molecule has 0 radical (unpaired) electrons. The molecule has 1 atom stereocenters. The van der Waals surface area contributed by atoms with Crippen molar-refractivity contribution < 1.29 is 24.2 Å². The first-order valence-electron chi connectivity index (χ1n) is 8.67. The van der Waals surface area contributed by atoms with E-state index in [4.69, 9.17) is 9.84 Å². The number of carboxylic acid groups (broad SMARTS) is 1. The largest absolute Gasteiger partial charge is 0.478 e. The number of nitrogens with one attached hydrogen (secondary N) is 1. The van der Waals surface area contributed by atoms with Crippen LogP contribution in [-0.4, -0.2) is 29.6 Å². The monoisotopic (exact) mass is 379 g/mol. The highest BCUT2D eigenvalue weighted by molar-refractivity contribution is 7.17. The van der Waals surface area contributed by atoms with Crippen LogP contribution in [0.15, 0.2) is 12.2 Å². The van der Waals surface area contributed by atoms with E-state index in [-0.39, 0.29) is 12.0 Å². The van der Waals surface area contributed by atoms with Gasteiger partial charge in [0.2, 0.25) is 5.91 Å². The number of thiophene rings is 1. The fourth-order valence-electron chi connectivity index (χ4n) is 3.13. The Bertz CT molecular complexity index is 742. The highest BCUT2D eigenvalue weighted by Crippen LogP contribution is 2.44. The Morgan fingerprint density at radius 2 is 2.00 bits per heavy atom. The van der Waals surface area contributed by atoms with E-state index in [1.54, 1.807) is 6.92 Å². The van der Waals surface area contributed by atoms with Gasteiger partial charge in [-0.25, -0.2) is 9.59 Å². The van der Waals surface area contributed by atoms with Crippen LogP contribution in [0.3, 0.4) is 0 Å². The molecule has 1 aliphatic rings. The molecule has 0 saturated carbocycles. The third-order valence-corrected chi connectivity index (χ3v) is 5.75. The molecule has 0 saturated heterocycles. The van der Waals surface area contributed by atoms with Gasteiger partial charge in [0.15, 0.2) is 0 Å². The number of amides is 1. The normalized spacial score (nSPS) is 17.0. The number of anilines is 1. The number of carbonyl (C=O) groups excluding carboxylic acids is 2. The summed E-state index contributed by atoms with van der Waals surface area (Å²) >= 11 is 1.38. The van der Waals surface area contributed by atoms with Gasteiger partial charge in [-0.2, -0.15) is 0 Å². The van der Waals surface area contributed by atoms with Crippen molar-refractivity contribution in [2.45, 2.75) is 47.0 Å². The van der Waals surface area contributed by atoms with Crippen LogP contribution in [0.4, 0.5) is 5.00 Å². The van der Waals surface area contributed by atoms with E-state index in [9.17, 15) is 14.4 Å². The third kappa shape index (κ3) is 4.72. The van der Waals surface area contributed by atoms with E-state index < -0.39 is 17.8 Å². The van der Waals surface area contributed by atoms with Gasteiger partial charge in [0, 0.05) is 17.0 Å². The van der Waals surface area contributed by atoms with Gasteiger partial charge in [-0.05, 0) is 43.1 Å². The molecule has 0 aromatic carbocycles. The van der Waals surface area contributed by atoms with Crippen LogP contribution in [0.5, 0.6) is 0 Å². The van der Waals surface area contributed by atoms with E-state index >= 15 is 0 Å². The second-order valence-electron chi connectivity index (χ2n) is 7.39. The Morgan fingerprint density at radius 3 is 2.58 bits per heavy atom. The van der Waals surface area contributed by atoms with Gasteiger partial charge in [0.1, 0.15) is 5.00 Å². The quantitative estimate of drug-likeness (QED) is 0.602. The molecule has 1 amide bonds. The molecule has 1 aromatic rings. The molecule has 1 aliphatic carbocycles. The van der Waals surface area contributed by atoms with E-state index in [0.717, 1.165) is 41.9 Å². The second kappa shape index (κ2) is 8.03. The first-order chi connectivity index (χ1) is 12.1. The Morgan fingerprint density at radius 1 is 1.31 bits per heavy atom. The lowest BCUT2D eigenvalue weighted by molar-refractivity contribution is -0.131. The number of carboxylic acids is 1. The average Bonchev–Trinajstić information content (AvgIpc) is 2.89. The maximum atomic E-state index is 12.4. The highest BCUT2D eigenvalue weighted by Gasteiger charge is 2.34. The SMILES string of the molecule is CCOC(=O)c1c(NC(=O)/C=C/C(=O)O)sc2c1CC[C@@H](C(C)(C)C)C2. The number of aliphatic carboxylic acids is 1. The lowest BCUT2D eigenvalue weighted by Gasteiger charge is -2.33. The summed E-state index contributed by atoms with van der Waals surface area (Å²) in [5, 5.41) is 11.7. The lowest BCUT2D eigenvalue weighted by atomic mass is 9.72. The number of hydrogen-bond acceptors (Lipinski definition) is 5. The summed E-state index contributed by atoms with van der Waals surface area (Å²) in [6.45, 7) is 8.62. The number of fused-ring (bicyclic) bond motifs is 1. The molecule has 26 heavy (non-hydrogen) atoms. The minimum Gasteiger partial charge on any atom is -0.478 e. The fraction of sp³-hybridized carbons (Fsp3) is 0.526.